The highest BCUT2D eigenvalue weighted by Crippen LogP contribution is 2.39. The molecule has 7 heteroatoms. The van der Waals surface area contributed by atoms with Gasteiger partial charge in [-0.15, -0.1) is 0 Å². The first-order chi connectivity index (χ1) is 13.0. The van der Waals surface area contributed by atoms with Gasteiger partial charge in [-0.1, -0.05) is 35.3 Å². The van der Waals surface area contributed by atoms with E-state index in [0.717, 1.165) is 0 Å². The Morgan fingerprint density at radius 2 is 1.48 bits per heavy atom. The van der Waals surface area contributed by atoms with Crippen LogP contribution in [0, 0.1) is 0 Å². The molecule has 0 radical (unpaired) electrons. The number of hydrogen-bond donors (Lipinski definition) is 0. The van der Waals surface area contributed by atoms with Crippen molar-refractivity contribution in [2.75, 3.05) is 14.2 Å². The summed E-state index contributed by atoms with van der Waals surface area (Å²) < 4.78 is 15.6. The van der Waals surface area contributed by atoms with Crippen LogP contribution in [0.4, 0.5) is 0 Å². The van der Waals surface area contributed by atoms with Crippen LogP contribution in [0.25, 0.3) is 0 Å². The van der Waals surface area contributed by atoms with Gasteiger partial charge in [0.2, 0.25) is 0 Å². The summed E-state index contributed by atoms with van der Waals surface area (Å²) in [4.78, 5) is 25.1. The van der Waals surface area contributed by atoms with Crippen molar-refractivity contribution in [3.63, 3.8) is 0 Å². The first-order valence-electron chi connectivity index (χ1n) is 8.04. The monoisotopic (exact) mass is 406 g/mol. The van der Waals surface area contributed by atoms with Gasteiger partial charge >= 0.3 is 5.97 Å². The SMILES string of the molecule is COc1ccc(C(=O)[C@@H](c2ccc(OC)cc2)[C@H]2OC(=O)C(Cl)=C2Cl)cc1. The smallest absolute Gasteiger partial charge is 0.351 e. The first-order valence-corrected chi connectivity index (χ1v) is 8.80. The maximum absolute atomic E-state index is 13.3. The molecule has 5 nitrogen and oxygen atoms in total. The number of ketones is 1. The van der Waals surface area contributed by atoms with Crippen LogP contribution in [-0.4, -0.2) is 32.1 Å². The molecule has 1 heterocycles. The Morgan fingerprint density at radius 1 is 0.963 bits per heavy atom. The fourth-order valence-corrected chi connectivity index (χ4v) is 3.27. The second-order valence-electron chi connectivity index (χ2n) is 5.83. The van der Waals surface area contributed by atoms with E-state index in [1.165, 1.54) is 0 Å². The molecule has 0 bridgehead atoms. The summed E-state index contributed by atoms with van der Waals surface area (Å²) >= 11 is 12.1. The third-order valence-corrected chi connectivity index (χ3v) is 5.17. The summed E-state index contributed by atoms with van der Waals surface area (Å²) in [5.74, 6) is -0.590. The van der Waals surface area contributed by atoms with E-state index < -0.39 is 18.0 Å². The van der Waals surface area contributed by atoms with Gasteiger partial charge in [0.1, 0.15) is 16.5 Å². The normalized spacial score (nSPS) is 17.5. The molecule has 0 fully saturated rings. The Morgan fingerprint density at radius 3 is 1.93 bits per heavy atom. The standard InChI is InChI=1S/C20H16Cl2O5/c1-25-13-7-3-11(4-8-13)15(19-16(21)17(22)20(24)27-19)18(23)12-5-9-14(26-2)10-6-12/h3-10,15,19H,1-2H3/t15-,19-/m1/s1. The second kappa shape index (κ2) is 8.03. The van der Waals surface area contributed by atoms with Gasteiger partial charge in [0.05, 0.1) is 25.2 Å². The highest BCUT2D eigenvalue weighted by Gasteiger charge is 2.42. The number of carbonyl (C=O) groups excluding carboxylic acids is 2. The Balaban J connectivity index is 2.03. The highest BCUT2D eigenvalue weighted by molar-refractivity contribution is 6.48. The van der Waals surface area contributed by atoms with Crippen LogP contribution >= 0.6 is 23.2 Å². The van der Waals surface area contributed by atoms with Crippen LogP contribution in [0.3, 0.4) is 0 Å². The number of carbonyl (C=O) groups is 2. The molecule has 1 aliphatic rings. The Labute approximate surface area is 166 Å². The molecular formula is C20H16Cl2O5. The molecule has 27 heavy (non-hydrogen) atoms. The van der Waals surface area contributed by atoms with Crippen molar-refractivity contribution in [2.45, 2.75) is 12.0 Å². The number of esters is 1. The summed E-state index contributed by atoms with van der Waals surface area (Å²) in [5.41, 5.74) is 1.05. The number of halogens is 2. The van der Waals surface area contributed by atoms with Gasteiger partial charge in [-0.3, -0.25) is 4.79 Å². The number of benzene rings is 2. The van der Waals surface area contributed by atoms with Gasteiger partial charge in [0.25, 0.3) is 0 Å². The van der Waals surface area contributed by atoms with Crippen molar-refractivity contribution < 1.29 is 23.8 Å². The fourth-order valence-electron chi connectivity index (χ4n) is 2.87. The number of Topliss-reactive ketones (excluding diaryl/α,β-unsaturated/α-hetero) is 1. The van der Waals surface area contributed by atoms with Crippen LogP contribution in [0.5, 0.6) is 11.5 Å². The van der Waals surface area contributed by atoms with Crippen molar-refractivity contribution in [2.24, 2.45) is 0 Å². The Hall–Kier alpha value is -2.50. The molecule has 2 atom stereocenters. The maximum atomic E-state index is 13.3. The molecule has 0 unspecified atom stereocenters. The summed E-state index contributed by atoms with van der Waals surface area (Å²) in [5, 5.41) is -0.188. The van der Waals surface area contributed by atoms with E-state index in [4.69, 9.17) is 37.4 Å². The molecule has 2 aromatic carbocycles. The van der Waals surface area contributed by atoms with Crippen LogP contribution < -0.4 is 9.47 Å². The molecule has 0 saturated carbocycles. The molecular weight excluding hydrogens is 391 g/mol. The largest absolute Gasteiger partial charge is 0.497 e. The Bertz CT molecular complexity index is 888. The zero-order chi connectivity index (χ0) is 19.6. The van der Waals surface area contributed by atoms with E-state index in [-0.39, 0.29) is 15.8 Å². The zero-order valence-electron chi connectivity index (χ0n) is 14.6. The average molecular weight is 407 g/mol. The van der Waals surface area contributed by atoms with E-state index in [9.17, 15) is 9.59 Å². The minimum absolute atomic E-state index is 0.0179. The summed E-state index contributed by atoms with van der Waals surface area (Å²) in [6.45, 7) is 0. The average Bonchev–Trinajstić information content (AvgIpc) is 2.96. The van der Waals surface area contributed by atoms with Crippen LogP contribution in [0.2, 0.25) is 0 Å². The number of ether oxygens (including phenoxy) is 3. The summed E-state index contributed by atoms with van der Waals surface area (Å²) in [7, 11) is 3.09. The number of rotatable bonds is 6. The van der Waals surface area contributed by atoms with Gasteiger partial charge in [-0.2, -0.15) is 0 Å². The van der Waals surface area contributed by atoms with Crippen molar-refractivity contribution in [3.05, 3.63) is 69.7 Å². The predicted molar refractivity (Wildman–Crippen MR) is 102 cm³/mol. The third kappa shape index (κ3) is 3.80. The lowest BCUT2D eigenvalue weighted by Crippen LogP contribution is -2.28. The molecule has 0 aliphatic carbocycles. The molecule has 0 amide bonds. The van der Waals surface area contributed by atoms with Gasteiger partial charge in [0, 0.05) is 5.56 Å². The lowest BCUT2D eigenvalue weighted by atomic mass is 9.86. The van der Waals surface area contributed by atoms with Crippen molar-refractivity contribution in [1.82, 2.24) is 0 Å². The summed E-state index contributed by atoms with van der Waals surface area (Å²) in [6, 6.07) is 13.6. The molecule has 0 saturated heterocycles. The molecule has 1 aliphatic heterocycles. The molecule has 2 aromatic rings. The minimum Gasteiger partial charge on any atom is -0.497 e. The zero-order valence-corrected chi connectivity index (χ0v) is 16.1. The first kappa shape index (κ1) is 19.3. The van der Waals surface area contributed by atoms with E-state index in [1.807, 2.05) is 0 Å². The number of hydrogen-bond acceptors (Lipinski definition) is 5. The lowest BCUT2D eigenvalue weighted by molar-refractivity contribution is -0.139. The second-order valence-corrected chi connectivity index (χ2v) is 6.62. The number of methoxy groups -OCH3 is 2. The van der Waals surface area contributed by atoms with E-state index in [0.29, 0.717) is 22.6 Å². The van der Waals surface area contributed by atoms with Crippen LogP contribution in [-0.2, 0) is 9.53 Å². The van der Waals surface area contributed by atoms with Crippen molar-refractivity contribution >= 4 is 35.0 Å². The molecule has 0 aromatic heterocycles. The third-order valence-electron chi connectivity index (χ3n) is 4.31. The minimum atomic E-state index is -0.991. The number of cyclic esters (lactones) is 1. The van der Waals surface area contributed by atoms with E-state index in [2.05, 4.69) is 0 Å². The molecule has 3 rings (SSSR count). The van der Waals surface area contributed by atoms with Crippen molar-refractivity contribution in [3.8, 4) is 11.5 Å². The van der Waals surface area contributed by atoms with Crippen LogP contribution in [0.1, 0.15) is 21.8 Å². The fraction of sp³-hybridized carbons (Fsp3) is 0.200. The highest BCUT2D eigenvalue weighted by atomic mass is 35.5. The van der Waals surface area contributed by atoms with Gasteiger partial charge in [-0.05, 0) is 42.0 Å². The lowest BCUT2D eigenvalue weighted by Gasteiger charge is -2.23. The topological polar surface area (TPSA) is 61.8 Å². The summed E-state index contributed by atoms with van der Waals surface area (Å²) in [6.07, 6.45) is -0.991. The Kier molecular flexibility index (Phi) is 5.73. The van der Waals surface area contributed by atoms with Crippen LogP contribution in [0.15, 0.2) is 58.6 Å². The maximum Gasteiger partial charge on any atom is 0.351 e. The van der Waals surface area contributed by atoms with E-state index >= 15 is 0 Å². The van der Waals surface area contributed by atoms with Gasteiger partial charge in [0.15, 0.2) is 11.9 Å². The van der Waals surface area contributed by atoms with E-state index in [1.54, 1.807) is 62.8 Å². The van der Waals surface area contributed by atoms with Gasteiger partial charge in [-0.25, -0.2) is 4.79 Å². The van der Waals surface area contributed by atoms with Gasteiger partial charge < -0.3 is 14.2 Å². The van der Waals surface area contributed by atoms with Crippen molar-refractivity contribution in [1.29, 1.82) is 0 Å². The molecule has 0 spiro atoms. The predicted octanol–water partition coefficient (Wildman–Crippen LogP) is 4.28. The molecule has 140 valence electrons. The molecule has 0 N–H and O–H groups in total. The quantitative estimate of drug-likeness (QED) is 0.528.